The summed E-state index contributed by atoms with van der Waals surface area (Å²) >= 11 is 0. The second-order valence-electron chi connectivity index (χ2n) is 8.00. The van der Waals surface area contributed by atoms with E-state index < -0.39 is 29.5 Å². The number of aromatic nitrogens is 2. The Morgan fingerprint density at radius 3 is 1.54 bits per heavy atom. The van der Waals surface area contributed by atoms with E-state index in [1.165, 1.54) is 6.07 Å². The third kappa shape index (κ3) is 13.2. The van der Waals surface area contributed by atoms with Gasteiger partial charge in [0.25, 0.3) is 0 Å². The minimum atomic E-state index is -1.08. The molecule has 0 aliphatic rings. The fraction of sp³-hybridized carbons (Fsp3) is 0.138. The molecule has 0 saturated heterocycles. The predicted octanol–water partition coefficient (Wildman–Crippen LogP) is 1.60. The number of benzene rings is 2. The number of aliphatic carboxylic acids is 3. The van der Waals surface area contributed by atoms with Crippen LogP contribution in [0.3, 0.4) is 0 Å². The maximum Gasteiger partial charge on any atom is 3.00 e. The minimum absolute atomic E-state index is 0. The molecule has 0 amide bonds. The molecule has 4 aromatic rings. The summed E-state index contributed by atoms with van der Waals surface area (Å²) in [6.45, 7) is 4.84. The topological polar surface area (TPSA) is 187 Å². The Morgan fingerprint density at radius 2 is 1.15 bits per heavy atom. The largest absolute Gasteiger partial charge is 3.00 e. The third-order valence-electron chi connectivity index (χ3n) is 4.55. The van der Waals surface area contributed by atoms with E-state index in [-0.39, 0.29) is 22.8 Å². The van der Waals surface area contributed by atoms with Gasteiger partial charge in [-0.05, 0) is 57.5 Å². The number of hydrogen-bond donors (Lipinski definition) is 2. The Kier molecular flexibility index (Phi) is 15.6. The Morgan fingerprint density at radius 1 is 0.707 bits per heavy atom. The van der Waals surface area contributed by atoms with Crippen LogP contribution in [-0.4, -0.2) is 38.1 Å². The first-order valence-corrected chi connectivity index (χ1v) is 11.5. The van der Waals surface area contributed by atoms with Gasteiger partial charge in [0.05, 0.1) is 11.4 Å². The van der Waals surface area contributed by atoms with Gasteiger partial charge in [-0.2, -0.15) is 0 Å². The van der Waals surface area contributed by atoms with Gasteiger partial charge in [0.15, 0.2) is 11.6 Å². The summed E-state index contributed by atoms with van der Waals surface area (Å²) in [7, 11) is 0. The van der Waals surface area contributed by atoms with Gasteiger partial charge in [-0.3, -0.25) is 9.97 Å². The summed E-state index contributed by atoms with van der Waals surface area (Å²) in [6.07, 6.45) is 3.26. The molecule has 0 aliphatic carbocycles. The maximum absolute atomic E-state index is 13.5. The van der Waals surface area contributed by atoms with Crippen LogP contribution in [0.15, 0.2) is 73.1 Å². The smallest absolute Gasteiger partial charge is 0.550 e. The van der Waals surface area contributed by atoms with Gasteiger partial charge in [0, 0.05) is 52.6 Å². The average Bonchev–Trinajstić information content (AvgIpc) is 2.85. The van der Waals surface area contributed by atoms with Crippen molar-refractivity contribution in [2.24, 2.45) is 0 Å². The van der Waals surface area contributed by atoms with Gasteiger partial charge in [0.1, 0.15) is 5.75 Å². The van der Waals surface area contributed by atoms with E-state index in [0.29, 0.717) is 22.5 Å². The summed E-state index contributed by atoms with van der Waals surface area (Å²) in [6, 6.07) is 17.1. The number of para-hydroxylation sites is 1. The summed E-state index contributed by atoms with van der Waals surface area (Å²) in [5, 5.41) is 46.7. The average molecular weight is 604 g/mol. The number of pyridine rings is 2. The number of carbonyl (C=O) groups is 3. The van der Waals surface area contributed by atoms with Crippen LogP contribution in [0.5, 0.6) is 11.5 Å². The molecule has 214 valence electrons. The number of aromatic hydroxyl groups is 2. The molecule has 0 saturated carbocycles. The molecule has 2 heterocycles. The van der Waals surface area contributed by atoms with E-state index in [4.69, 9.17) is 29.7 Å². The predicted molar refractivity (Wildman–Crippen MR) is 138 cm³/mol. The molecule has 0 radical (unpaired) electrons. The molecule has 0 unspecified atom stereocenters. The van der Waals surface area contributed by atoms with Crippen molar-refractivity contribution in [2.75, 3.05) is 0 Å². The minimum Gasteiger partial charge on any atom is -0.550 e. The Bertz CT molecular complexity index is 1410. The Labute approximate surface area is 246 Å². The standard InChI is InChI=1S/C23H17FN2O2.3C2H4O2.Mn/c1-14-5-8-17(22(27)11-14)15-6-9-20(25-12-15)21-10-7-16(13-26-21)18-3-2-4-19(24)23(18)28;3*1-2(3)4;/h2-13,27-28H,1H3;3*1H3,(H,3,4);/q;;;;+3/p-3. The number of hydrogen-bond acceptors (Lipinski definition) is 10. The first kappa shape index (κ1) is 36.2. The summed E-state index contributed by atoms with van der Waals surface area (Å²) < 4.78 is 13.5. The number of nitrogens with zero attached hydrogens (tertiary/aromatic N) is 2. The van der Waals surface area contributed by atoms with E-state index in [9.17, 15) is 14.6 Å². The molecule has 4 rings (SSSR count). The van der Waals surface area contributed by atoms with Crippen molar-refractivity contribution in [3.8, 4) is 45.1 Å². The normalized spacial score (nSPS) is 9.20. The van der Waals surface area contributed by atoms with Crippen molar-refractivity contribution in [3.63, 3.8) is 0 Å². The zero-order chi connectivity index (χ0) is 30.4. The maximum atomic E-state index is 13.5. The Balaban J connectivity index is 0.00000105. The fourth-order valence-corrected chi connectivity index (χ4v) is 3.04. The molecular formula is C29H26FMnN2O8. The number of phenolic OH excluding ortho intramolecular Hbond substituents is 2. The molecule has 0 spiro atoms. The number of rotatable bonds is 3. The monoisotopic (exact) mass is 604 g/mol. The first-order chi connectivity index (χ1) is 18.7. The van der Waals surface area contributed by atoms with Crippen LogP contribution in [0.4, 0.5) is 4.39 Å². The Hall–Kier alpha value is -4.80. The number of aryl methyl sites for hydroxylation is 1. The van der Waals surface area contributed by atoms with Gasteiger partial charge in [-0.15, -0.1) is 0 Å². The van der Waals surface area contributed by atoms with Gasteiger partial charge >= 0.3 is 17.1 Å². The van der Waals surface area contributed by atoms with Crippen molar-refractivity contribution < 1.29 is 61.4 Å². The van der Waals surface area contributed by atoms with E-state index in [0.717, 1.165) is 37.5 Å². The van der Waals surface area contributed by atoms with Crippen molar-refractivity contribution >= 4 is 17.9 Å². The third-order valence-corrected chi connectivity index (χ3v) is 4.55. The molecule has 41 heavy (non-hydrogen) atoms. The van der Waals surface area contributed by atoms with Crippen LogP contribution in [-0.2, 0) is 31.5 Å². The molecule has 2 aromatic heterocycles. The van der Waals surface area contributed by atoms with Gasteiger partial charge in [-0.25, -0.2) is 4.39 Å². The molecule has 2 N–H and O–H groups in total. The number of phenols is 2. The van der Waals surface area contributed by atoms with Crippen molar-refractivity contribution in [1.29, 1.82) is 0 Å². The zero-order valence-electron chi connectivity index (χ0n) is 22.4. The van der Waals surface area contributed by atoms with Crippen LogP contribution >= 0.6 is 0 Å². The van der Waals surface area contributed by atoms with Gasteiger partial charge in [-0.1, -0.05) is 36.4 Å². The van der Waals surface area contributed by atoms with E-state index >= 15 is 0 Å². The van der Waals surface area contributed by atoms with Gasteiger partial charge in [0.2, 0.25) is 0 Å². The molecule has 2 aromatic carbocycles. The van der Waals surface area contributed by atoms with Crippen molar-refractivity contribution in [1.82, 2.24) is 9.97 Å². The number of halogens is 1. The van der Waals surface area contributed by atoms with E-state index in [2.05, 4.69) is 9.97 Å². The number of carboxylic acids is 3. The molecule has 0 fully saturated rings. The molecular weight excluding hydrogens is 578 g/mol. The van der Waals surface area contributed by atoms with E-state index in [1.54, 1.807) is 42.7 Å². The van der Waals surface area contributed by atoms with Crippen molar-refractivity contribution in [3.05, 3.63) is 84.4 Å². The zero-order valence-corrected chi connectivity index (χ0v) is 23.6. The summed E-state index contributed by atoms with van der Waals surface area (Å²) in [5.74, 6) is -4.09. The van der Waals surface area contributed by atoms with Crippen LogP contribution in [0, 0.1) is 12.7 Å². The van der Waals surface area contributed by atoms with Crippen LogP contribution in [0.2, 0.25) is 0 Å². The number of carboxylic acid groups (broad SMARTS) is 3. The molecule has 0 aliphatic heterocycles. The molecule has 0 bridgehead atoms. The molecule has 0 atom stereocenters. The van der Waals surface area contributed by atoms with Crippen molar-refractivity contribution in [2.45, 2.75) is 27.7 Å². The van der Waals surface area contributed by atoms with Gasteiger partial charge < -0.3 is 39.9 Å². The number of carbonyl (C=O) groups excluding carboxylic acids is 3. The van der Waals surface area contributed by atoms with Crippen LogP contribution < -0.4 is 15.3 Å². The molecule has 12 heteroatoms. The second-order valence-corrected chi connectivity index (χ2v) is 8.00. The van der Waals surface area contributed by atoms with Crippen LogP contribution in [0.25, 0.3) is 33.6 Å². The van der Waals surface area contributed by atoms with Crippen LogP contribution in [0.1, 0.15) is 26.3 Å². The fourth-order valence-electron chi connectivity index (χ4n) is 3.04. The molecule has 10 nitrogen and oxygen atoms in total. The quantitative estimate of drug-likeness (QED) is 0.325. The SMILES string of the molecule is CC(=O)[O-].CC(=O)[O-].CC(=O)[O-].Cc1ccc(-c2ccc(-c3ccc(-c4cccc(F)c4O)cn3)nc2)c(O)c1.[Mn+3]. The second kappa shape index (κ2) is 17.7. The summed E-state index contributed by atoms with van der Waals surface area (Å²) in [4.78, 5) is 35.5. The first-order valence-electron chi connectivity index (χ1n) is 11.5. The van der Waals surface area contributed by atoms with E-state index in [1.807, 2.05) is 31.2 Å². The summed E-state index contributed by atoms with van der Waals surface area (Å²) in [5.41, 5.74) is 4.83.